The number of hydrogen-bond acceptors (Lipinski definition) is 4. The molecule has 15 heavy (non-hydrogen) atoms. The second-order valence-electron chi connectivity index (χ2n) is 3.94. The highest BCUT2D eigenvalue weighted by molar-refractivity contribution is 5.86. The lowest BCUT2D eigenvalue weighted by atomic mass is 9.96. The van der Waals surface area contributed by atoms with Crippen molar-refractivity contribution in [3.05, 3.63) is 0 Å². The molecule has 2 amide bonds. The number of amides is 2. The molecule has 1 heterocycles. The standard InChI is InChI=1S/C9H14N2O4/c1-11(14-2)7(12)9(3-4-9)6-5-15-8(13)10-6/h6H,3-5H2,1-2H3,(H,10,13)/t6-/m1/s1. The fraction of sp³-hybridized carbons (Fsp3) is 0.778. The number of alkyl carbamates (subject to hydrolysis) is 1. The Morgan fingerprint density at radius 3 is 2.73 bits per heavy atom. The molecule has 1 saturated carbocycles. The highest BCUT2D eigenvalue weighted by atomic mass is 16.7. The van der Waals surface area contributed by atoms with Crippen molar-refractivity contribution >= 4 is 12.0 Å². The molecule has 1 aliphatic carbocycles. The van der Waals surface area contributed by atoms with Crippen molar-refractivity contribution in [2.24, 2.45) is 5.41 Å². The first-order valence-corrected chi connectivity index (χ1v) is 4.86. The molecule has 6 heteroatoms. The maximum atomic E-state index is 11.9. The molecule has 84 valence electrons. The second kappa shape index (κ2) is 3.37. The molecule has 0 unspecified atom stereocenters. The Kier molecular flexibility index (Phi) is 2.30. The van der Waals surface area contributed by atoms with E-state index in [9.17, 15) is 9.59 Å². The molecule has 0 aromatic carbocycles. The van der Waals surface area contributed by atoms with Crippen LogP contribution in [-0.4, -0.2) is 43.9 Å². The molecular weight excluding hydrogens is 200 g/mol. The minimum atomic E-state index is -0.503. The summed E-state index contributed by atoms with van der Waals surface area (Å²) < 4.78 is 4.79. The highest BCUT2D eigenvalue weighted by Gasteiger charge is 2.59. The van der Waals surface area contributed by atoms with Gasteiger partial charge in [-0.05, 0) is 12.8 Å². The fourth-order valence-corrected chi connectivity index (χ4v) is 1.92. The van der Waals surface area contributed by atoms with Crippen molar-refractivity contribution in [3.8, 4) is 0 Å². The summed E-state index contributed by atoms with van der Waals surface area (Å²) in [4.78, 5) is 27.7. The van der Waals surface area contributed by atoms with Gasteiger partial charge in [-0.25, -0.2) is 9.86 Å². The summed E-state index contributed by atoms with van der Waals surface area (Å²) in [6.45, 7) is 0.266. The molecule has 0 bridgehead atoms. The summed E-state index contributed by atoms with van der Waals surface area (Å²) in [5, 5.41) is 3.86. The van der Waals surface area contributed by atoms with Crippen LogP contribution in [0.5, 0.6) is 0 Å². The minimum Gasteiger partial charge on any atom is -0.447 e. The Labute approximate surface area is 87.5 Å². The molecule has 0 aromatic heterocycles. The molecule has 2 fully saturated rings. The zero-order valence-corrected chi connectivity index (χ0v) is 8.78. The van der Waals surface area contributed by atoms with Gasteiger partial charge >= 0.3 is 6.09 Å². The van der Waals surface area contributed by atoms with Gasteiger partial charge < -0.3 is 10.1 Å². The van der Waals surface area contributed by atoms with Crippen LogP contribution >= 0.6 is 0 Å². The number of carbonyl (C=O) groups excluding carboxylic acids is 2. The topological polar surface area (TPSA) is 67.9 Å². The lowest BCUT2D eigenvalue weighted by molar-refractivity contribution is -0.176. The maximum absolute atomic E-state index is 11.9. The first-order chi connectivity index (χ1) is 7.10. The maximum Gasteiger partial charge on any atom is 0.407 e. The van der Waals surface area contributed by atoms with Gasteiger partial charge in [0.15, 0.2) is 0 Å². The largest absolute Gasteiger partial charge is 0.447 e. The number of hydroxylamine groups is 2. The van der Waals surface area contributed by atoms with Crippen molar-refractivity contribution in [3.63, 3.8) is 0 Å². The molecule has 0 radical (unpaired) electrons. The average Bonchev–Trinajstić information content (AvgIpc) is 2.94. The number of hydrogen-bond donors (Lipinski definition) is 1. The summed E-state index contributed by atoms with van der Waals surface area (Å²) in [5.74, 6) is -0.0965. The Morgan fingerprint density at radius 2 is 2.33 bits per heavy atom. The normalized spacial score (nSPS) is 26.8. The molecule has 0 aromatic rings. The highest BCUT2D eigenvalue weighted by Crippen LogP contribution is 2.51. The van der Waals surface area contributed by atoms with Gasteiger partial charge in [-0.15, -0.1) is 0 Å². The average molecular weight is 214 g/mol. The Morgan fingerprint density at radius 1 is 1.67 bits per heavy atom. The van der Waals surface area contributed by atoms with Gasteiger partial charge in [-0.1, -0.05) is 0 Å². The Hall–Kier alpha value is -1.30. The van der Waals surface area contributed by atoms with Gasteiger partial charge in [0.1, 0.15) is 6.61 Å². The minimum absolute atomic E-state index is 0.0965. The number of carbonyl (C=O) groups is 2. The van der Waals surface area contributed by atoms with E-state index in [0.717, 1.165) is 12.8 Å². The zero-order chi connectivity index (χ0) is 11.1. The van der Waals surface area contributed by atoms with Gasteiger partial charge in [-0.2, -0.15) is 0 Å². The van der Waals surface area contributed by atoms with Crippen molar-refractivity contribution in [2.75, 3.05) is 20.8 Å². The quantitative estimate of drug-likeness (QED) is 0.666. The Balaban J connectivity index is 2.07. The van der Waals surface area contributed by atoms with Crippen molar-refractivity contribution in [1.29, 1.82) is 0 Å². The molecule has 6 nitrogen and oxygen atoms in total. The van der Waals surface area contributed by atoms with E-state index in [4.69, 9.17) is 9.57 Å². The molecular formula is C9H14N2O4. The smallest absolute Gasteiger partial charge is 0.407 e. The van der Waals surface area contributed by atoms with E-state index in [1.54, 1.807) is 7.05 Å². The van der Waals surface area contributed by atoms with Crippen LogP contribution in [0.2, 0.25) is 0 Å². The van der Waals surface area contributed by atoms with E-state index in [1.807, 2.05) is 0 Å². The van der Waals surface area contributed by atoms with Crippen LogP contribution in [0.25, 0.3) is 0 Å². The van der Waals surface area contributed by atoms with Crippen LogP contribution in [0.1, 0.15) is 12.8 Å². The second-order valence-corrected chi connectivity index (χ2v) is 3.94. The summed E-state index contributed by atoms with van der Waals surface area (Å²) in [5.41, 5.74) is -0.503. The van der Waals surface area contributed by atoms with Crippen LogP contribution in [0.3, 0.4) is 0 Å². The van der Waals surface area contributed by atoms with Gasteiger partial charge in [0.05, 0.1) is 18.6 Å². The van der Waals surface area contributed by atoms with Gasteiger partial charge in [0, 0.05) is 7.05 Å². The molecule has 2 rings (SSSR count). The molecule has 1 saturated heterocycles. The molecule has 1 atom stereocenters. The number of nitrogens with one attached hydrogen (secondary N) is 1. The van der Waals surface area contributed by atoms with Crippen molar-refractivity contribution < 1.29 is 19.2 Å². The van der Waals surface area contributed by atoms with E-state index in [1.165, 1.54) is 12.2 Å². The number of rotatable bonds is 3. The van der Waals surface area contributed by atoms with Crippen LogP contribution in [-0.2, 0) is 14.4 Å². The first-order valence-electron chi connectivity index (χ1n) is 4.86. The molecule has 2 aliphatic rings. The summed E-state index contributed by atoms with van der Waals surface area (Å²) in [7, 11) is 3.01. The number of cyclic esters (lactones) is 1. The van der Waals surface area contributed by atoms with E-state index >= 15 is 0 Å². The van der Waals surface area contributed by atoms with E-state index in [0.29, 0.717) is 0 Å². The fourth-order valence-electron chi connectivity index (χ4n) is 1.92. The van der Waals surface area contributed by atoms with Crippen LogP contribution < -0.4 is 5.32 Å². The lowest BCUT2D eigenvalue weighted by Crippen LogP contribution is -2.45. The van der Waals surface area contributed by atoms with Gasteiger partial charge in [0.2, 0.25) is 0 Å². The number of ether oxygens (including phenoxy) is 1. The Bertz CT molecular complexity index is 300. The SMILES string of the molecule is CON(C)C(=O)C1([C@H]2COC(=O)N2)CC1. The predicted molar refractivity (Wildman–Crippen MR) is 49.7 cm³/mol. The van der Waals surface area contributed by atoms with E-state index in [-0.39, 0.29) is 18.6 Å². The third-order valence-electron chi connectivity index (χ3n) is 3.11. The van der Waals surface area contributed by atoms with Crippen LogP contribution in [0.15, 0.2) is 0 Å². The third kappa shape index (κ3) is 1.54. The monoisotopic (exact) mass is 214 g/mol. The van der Waals surface area contributed by atoms with E-state index < -0.39 is 11.5 Å². The molecule has 0 spiro atoms. The van der Waals surface area contributed by atoms with Crippen molar-refractivity contribution in [1.82, 2.24) is 10.4 Å². The van der Waals surface area contributed by atoms with Crippen molar-refractivity contribution in [2.45, 2.75) is 18.9 Å². The summed E-state index contributed by atoms with van der Waals surface area (Å²) >= 11 is 0. The lowest BCUT2D eigenvalue weighted by Gasteiger charge is -2.24. The van der Waals surface area contributed by atoms with Gasteiger partial charge in [0.25, 0.3) is 5.91 Å². The third-order valence-corrected chi connectivity index (χ3v) is 3.11. The summed E-state index contributed by atoms with van der Waals surface area (Å²) in [6.07, 6.45) is 1.10. The van der Waals surface area contributed by atoms with Crippen LogP contribution in [0, 0.1) is 5.41 Å². The van der Waals surface area contributed by atoms with E-state index in [2.05, 4.69) is 5.32 Å². The molecule has 1 aliphatic heterocycles. The predicted octanol–water partition coefficient (Wildman–Crippen LogP) is -0.105. The van der Waals surface area contributed by atoms with Gasteiger partial charge in [-0.3, -0.25) is 9.63 Å². The zero-order valence-electron chi connectivity index (χ0n) is 8.78. The molecule has 1 N–H and O–H groups in total. The van der Waals surface area contributed by atoms with Crippen LogP contribution in [0.4, 0.5) is 4.79 Å². The summed E-state index contributed by atoms with van der Waals surface area (Å²) in [6, 6.07) is -0.213. The number of nitrogens with zero attached hydrogens (tertiary/aromatic N) is 1. The first kappa shape index (κ1) is 10.2.